The molecule has 0 unspecified atom stereocenters. The first-order valence-corrected chi connectivity index (χ1v) is 4.66. The molecule has 0 saturated carbocycles. The van der Waals surface area contributed by atoms with Gasteiger partial charge in [-0.3, -0.25) is 0 Å². The predicted octanol–water partition coefficient (Wildman–Crippen LogP) is 1.85. The summed E-state index contributed by atoms with van der Waals surface area (Å²) < 4.78 is 0. The Labute approximate surface area is 88.7 Å². The quantitative estimate of drug-likeness (QED) is 0.344. The van der Waals surface area contributed by atoms with E-state index in [9.17, 15) is 0 Å². The Morgan fingerprint density at radius 1 is 1.40 bits per heavy atom. The van der Waals surface area contributed by atoms with Crippen LogP contribution in [0.2, 0.25) is 0 Å². The summed E-state index contributed by atoms with van der Waals surface area (Å²) in [6, 6.07) is 7.83. The first-order chi connectivity index (χ1) is 7.38. The number of benzene rings is 1. The minimum atomic E-state index is 0.202. The van der Waals surface area contributed by atoms with E-state index in [1.54, 1.807) is 0 Å². The fraction of sp³-hybridized carbons (Fsp3) is 0.273. The molecule has 0 aliphatic rings. The molecular formula is C11H12N4. The SMILES string of the molecule is [N-]=[N+]=NCC#Cc1ccccc1CCN. The minimum absolute atomic E-state index is 0.202. The van der Waals surface area contributed by atoms with Crippen molar-refractivity contribution in [2.45, 2.75) is 6.42 Å². The molecule has 0 saturated heterocycles. The zero-order valence-electron chi connectivity index (χ0n) is 8.35. The second-order valence-corrected chi connectivity index (χ2v) is 2.89. The fourth-order valence-corrected chi connectivity index (χ4v) is 1.22. The van der Waals surface area contributed by atoms with E-state index in [0.717, 1.165) is 17.5 Å². The predicted molar refractivity (Wildman–Crippen MR) is 60.1 cm³/mol. The molecule has 15 heavy (non-hydrogen) atoms. The van der Waals surface area contributed by atoms with Crippen LogP contribution in [0.1, 0.15) is 11.1 Å². The molecule has 0 amide bonds. The van der Waals surface area contributed by atoms with Crippen molar-refractivity contribution in [3.05, 3.63) is 45.8 Å². The maximum Gasteiger partial charge on any atom is 0.0880 e. The molecule has 0 radical (unpaired) electrons. The van der Waals surface area contributed by atoms with E-state index in [0.29, 0.717) is 6.54 Å². The van der Waals surface area contributed by atoms with E-state index < -0.39 is 0 Å². The minimum Gasteiger partial charge on any atom is -0.330 e. The van der Waals surface area contributed by atoms with Crippen molar-refractivity contribution in [2.75, 3.05) is 13.1 Å². The van der Waals surface area contributed by atoms with Gasteiger partial charge in [0, 0.05) is 10.5 Å². The van der Waals surface area contributed by atoms with Crippen LogP contribution in [-0.4, -0.2) is 13.1 Å². The Kier molecular flexibility index (Phi) is 4.82. The normalized spacial score (nSPS) is 8.60. The van der Waals surface area contributed by atoms with Crippen LogP contribution in [0.3, 0.4) is 0 Å². The lowest BCUT2D eigenvalue weighted by Gasteiger charge is -2.00. The summed E-state index contributed by atoms with van der Waals surface area (Å²) in [4.78, 5) is 2.63. The molecule has 4 heteroatoms. The van der Waals surface area contributed by atoms with Crippen LogP contribution in [0.4, 0.5) is 0 Å². The van der Waals surface area contributed by atoms with Gasteiger partial charge in [0.1, 0.15) is 0 Å². The van der Waals surface area contributed by atoms with E-state index in [1.807, 2.05) is 24.3 Å². The molecule has 1 aromatic rings. The Balaban J connectivity index is 2.81. The zero-order valence-corrected chi connectivity index (χ0v) is 8.35. The van der Waals surface area contributed by atoms with Crippen LogP contribution < -0.4 is 5.73 Å². The summed E-state index contributed by atoms with van der Waals surface area (Å²) in [7, 11) is 0. The molecule has 2 N–H and O–H groups in total. The van der Waals surface area contributed by atoms with Crippen LogP contribution in [0.25, 0.3) is 10.4 Å². The third-order valence-corrected chi connectivity index (χ3v) is 1.87. The molecule has 0 spiro atoms. The molecule has 0 aromatic heterocycles. The van der Waals surface area contributed by atoms with Gasteiger partial charge in [0.15, 0.2) is 0 Å². The van der Waals surface area contributed by atoms with Crippen molar-refractivity contribution in [3.63, 3.8) is 0 Å². The largest absolute Gasteiger partial charge is 0.330 e. The van der Waals surface area contributed by atoms with Gasteiger partial charge < -0.3 is 5.73 Å². The average Bonchev–Trinajstić information content (AvgIpc) is 2.27. The summed E-state index contributed by atoms with van der Waals surface area (Å²) >= 11 is 0. The monoisotopic (exact) mass is 200 g/mol. The molecule has 0 atom stereocenters. The van der Waals surface area contributed by atoms with E-state index in [4.69, 9.17) is 11.3 Å². The lowest BCUT2D eigenvalue weighted by atomic mass is 10.1. The van der Waals surface area contributed by atoms with Gasteiger partial charge in [-0.1, -0.05) is 35.2 Å². The molecule has 1 aromatic carbocycles. The lowest BCUT2D eigenvalue weighted by Crippen LogP contribution is -2.04. The van der Waals surface area contributed by atoms with Crippen LogP contribution >= 0.6 is 0 Å². The molecule has 1 rings (SSSR count). The summed E-state index contributed by atoms with van der Waals surface area (Å²) in [6.45, 7) is 0.808. The Morgan fingerprint density at radius 3 is 2.93 bits per heavy atom. The van der Waals surface area contributed by atoms with Crippen molar-refractivity contribution < 1.29 is 0 Å². The summed E-state index contributed by atoms with van der Waals surface area (Å²) in [5.74, 6) is 5.75. The summed E-state index contributed by atoms with van der Waals surface area (Å²) in [6.07, 6.45) is 0.812. The third-order valence-electron chi connectivity index (χ3n) is 1.87. The van der Waals surface area contributed by atoms with Crippen LogP contribution in [0, 0.1) is 11.8 Å². The number of nitrogens with two attached hydrogens (primary N) is 1. The maximum atomic E-state index is 8.08. The average molecular weight is 200 g/mol. The molecular weight excluding hydrogens is 188 g/mol. The van der Waals surface area contributed by atoms with Crippen molar-refractivity contribution in [3.8, 4) is 11.8 Å². The van der Waals surface area contributed by atoms with Gasteiger partial charge in [-0.25, -0.2) is 0 Å². The van der Waals surface area contributed by atoms with Crippen molar-refractivity contribution in [1.29, 1.82) is 0 Å². The highest BCUT2D eigenvalue weighted by Gasteiger charge is 1.96. The van der Waals surface area contributed by atoms with Gasteiger partial charge in [0.25, 0.3) is 0 Å². The topological polar surface area (TPSA) is 74.8 Å². The number of azide groups is 1. The first kappa shape index (κ1) is 11.1. The standard InChI is InChI=1S/C11H12N4/c12-8-7-11-5-2-1-4-10(11)6-3-9-14-15-13/h1-2,4-5H,7-9,12H2. The maximum absolute atomic E-state index is 8.08. The molecule has 0 fully saturated rings. The van der Waals surface area contributed by atoms with Crippen LogP contribution in [0.5, 0.6) is 0 Å². The molecule has 0 aliphatic carbocycles. The summed E-state index contributed by atoms with van der Waals surface area (Å²) in [5.41, 5.74) is 15.7. The van der Waals surface area contributed by atoms with Crippen molar-refractivity contribution >= 4 is 0 Å². The molecule has 0 heterocycles. The zero-order chi connectivity index (χ0) is 10.9. The fourth-order valence-electron chi connectivity index (χ4n) is 1.22. The van der Waals surface area contributed by atoms with E-state index >= 15 is 0 Å². The first-order valence-electron chi connectivity index (χ1n) is 4.66. The highest BCUT2D eigenvalue weighted by molar-refractivity contribution is 5.41. The van der Waals surface area contributed by atoms with E-state index in [2.05, 4.69) is 21.9 Å². The lowest BCUT2D eigenvalue weighted by molar-refractivity contribution is 0.965. The number of rotatable bonds is 3. The highest BCUT2D eigenvalue weighted by atomic mass is 15.1. The van der Waals surface area contributed by atoms with Crippen molar-refractivity contribution in [1.82, 2.24) is 0 Å². The van der Waals surface area contributed by atoms with Gasteiger partial charge in [-0.2, -0.15) is 0 Å². The number of hydrogen-bond acceptors (Lipinski definition) is 2. The van der Waals surface area contributed by atoms with Gasteiger partial charge >= 0.3 is 0 Å². The second-order valence-electron chi connectivity index (χ2n) is 2.89. The van der Waals surface area contributed by atoms with E-state index in [-0.39, 0.29) is 6.54 Å². The molecule has 4 nitrogen and oxygen atoms in total. The third kappa shape index (κ3) is 3.74. The Morgan fingerprint density at radius 2 is 2.20 bits per heavy atom. The van der Waals surface area contributed by atoms with Crippen molar-refractivity contribution in [2.24, 2.45) is 10.8 Å². The Bertz CT molecular complexity index is 422. The van der Waals surface area contributed by atoms with Crippen LogP contribution in [0.15, 0.2) is 29.4 Å². The van der Waals surface area contributed by atoms with Crippen LogP contribution in [-0.2, 0) is 6.42 Å². The highest BCUT2D eigenvalue weighted by Crippen LogP contribution is 2.07. The smallest absolute Gasteiger partial charge is 0.0880 e. The Hall–Kier alpha value is -1.95. The molecule has 0 bridgehead atoms. The second kappa shape index (κ2) is 6.50. The number of hydrogen-bond donors (Lipinski definition) is 1. The van der Waals surface area contributed by atoms with E-state index in [1.165, 1.54) is 0 Å². The van der Waals surface area contributed by atoms with Gasteiger partial charge in [-0.15, -0.1) is 0 Å². The van der Waals surface area contributed by atoms with Gasteiger partial charge in [0.05, 0.1) is 6.54 Å². The van der Waals surface area contributed by atoms with Gasteiger partial charge in [-0.05, 0) is 30.1 Å². The molecule has 76 valence electrons. The van der Waals surface area contributed by atoms with Gasteiger partial charge in [0.2, 0.25) is 0 Å². The number of nitrogens with zero attached hydrogens (tertiary/aromatic N) is 3. The molecule has 0 aliphatic heterocycles. The summed E-state index contributed by atoms with van der Waals surface area (Å²) in [5, 5.41) is 3.34.